The van der Waals surface area contributed by atoms with Crippen LogP contribution in [-0.4, -0.2) is 45.7 Å². The molecule has 2 N–H and O–H groups in total. The van der Waals surface area contributed by atoms with Gasteiger partial charge in [0.05, 0.1) is 11.4 Å². The number of amides is 1. The number of hydrogen-bond donors (Lipinski definition) is 1. The minimum Gasteiger partial charge on any atom is -0.406 e. The van der Waals surface area contributed by atoms with Gasteiger partial charge in [0, 0.05) is 18.8 Å². The molecule has 2 aromatic rings. The predicted molar refractivity (Wildman–Crippen MR) is 103 cm³/mol. The summed E-state index contributed by atoms with van der Waals surface area (Å²) in [7, 11) is -2.09. The highest BCUT2D eigenvalue weighted by molar-refractivity contribution is 7.89. The Labute approximate surface area is 171 Å². The number of halogens is 3. The van der Waals surface area contributed by atoms with Gasteiger partial charge in [-0.25, -0.2) is 13.6 Å². The quantitative estimate of drug-likeness (QED) is 0.739. The molecule has 1 heterocycles. The van der Waals surface area contributed by atoms with Gasteiger partial charge in [-0.3, -0.25) is 9.69 Å². The summed E-state index contributed by atoms with van der Waals surface area (Å²) < 4.78 is 63.5. The van der Waals surface area contributed by atoms with Gasteiger partial charge in [-0.15, -0.1) is 13.2 Å². The van der Waals surface area contributed by atoms with Crippen molar-refractivity contribution in [1.29, 1.82) is 0 Å². The SMILES string of the molecule is CN(CC(=O)N1CCc2cc(S(N)(=O)=O)ccc21)Cc1ccc(OC(F)(F)F)cc1. The third kappa shape index (κ3) is 5.49. The largest absolute Gasteiger partial charge is 0.573 e. The number of carbonyl (C=O) groups is 1. The summed E-state index contributed by atoms with van der Waals surface area (Å²) in [5.41, 5.74) is 2.10. The second kappa shape index (κ2) is 8.25. The Balaban J connectivity index is 1.61. The van der Waals surface area contributed by atoms with Crippen LogP contribution in [0.4, 0.5) is 18.9 Å². The van der Waals surface area contributed by atoms with Crippen LogP contribution in [-0.2, 0) is 27.8 Å². The number of carbonyl (C=O) groups excluding carboxylic acids is 1. The third-order valence-corrected chi connectivity index (χ3v) is 5.50. The van der Waals surface area contributed by atoms with Crippen molar-refractivity contribution < 1.29 is 31.1 Å². The molecule has 1 aliphatic rings. The van der Waals surface area contributed by atoms with Crippen molar-refractivity contribution in [2.45, 2.75) is 24.2 Å². The Hall–Kier alpha value is -2.63. The topological polar surface area (TPSA) is 92.9 Å². The molecule has 7 nitrogen and oxygen atoms in total. The van der Waals surface area contributed by atoms with E-state index in [2.05, 4.69) is 4.74 Å². The van der Waals surface area contributed by atoms with Crippen LogP contribution in [0.1, 0.15) is 11.1 Å². The third-order valence-electron chi connectivity index (χ3n) is 4.59. The minimum atomic E-state index is -4.74. The Morgan fingerprint density at radius 2 is 1.87 bits per heavy atom. The Morgan fingerprint density at radius 1 is 1.20 bits per heavy atom. The van der Waals surface area contributed by atoms with Gasteiger partial charge in [-0.05, 0) is 54.9 Å². The van der Waals surface area contributed by atoms with Gasteiger partial charge in [0.2, 0.25) is 15.9 Å². The van der Waals surface area contributed by atoms with E-state index in [4.69, 9.17) is 5.14 Å². The maximum Gasteiger partial charge on any atom is 0.573 e. The second-order valence-electron chi connectivity index (χ2n) is 6.99. The van der Waals surface area contributed by atoms with Crippen LogP contribution >= 0.6 is 0 Å². The van der Waals surface area contributed by atoms with Crippen molar-refractivity contribution in [1.82, 2.24) is 4.90 Å². The Bertz CT molecular complexity index is 1040. The molecule has 11 heteroatoms. The van der Waals surface area contributed by atoms with E-state index in [0.717, 1.165) is 11.1 Å². The second-order valence-corrected chi connectivity index (χ2v) is 8.56. The summed E-state index contributed by atoms with van der Waals surface area (Å²) >= 11 is 0. The molecule has 3 rings (SSSR count). The number of rotatable bonds is 6. The molecule has 0 saturated heterocycles. The zero-order valence-corrected chi connectivity index (χ0v) is 16.8. The van der Waals surface area contributed by atoms with Crippen LogP contribution in [0.25, 0.3) is 0 Å². The molecule has 0 radical (unpaired) electrons. The molecule has 0 bridgehead atoms. The van der Waals surface area contributed by atoms with Crippen LogP contribution in [0.15, 0.2) is 47.4 Å². The van der Waals surface area contributed by atoms with E-state index in [1.165, 1.54) is 36.4 Å². The molecule has 0 atom stereocenters. The molecule has 1 aliphatic heterocycles. The number of benzene rings is 2. The fraction of sp³-hybridized carbons (Fsp3) is 0.316. The van der Waals surface area contributed by atoms with Gasteiger partial charge in [0.1, 0.15) is 5.75 Å². The molecule has 30 heavy (non-hydrogen) atoms. The van der Waals surface area contributed by atoms with E-state index in [0.29, 0.717) is 25.2 Å². The van der Waals surface area contributed by atoms with Crippen molar-refractivity contribution in [3.05, 3.63) is 53.6 Å². The lowest BCUT2D eigenvalue weighted by Crippen LogP contribution is -2.37. The number of nitrogens with zero attached hydrogens (tertiary/aromatic N) is 2. The number of likely N-dealkylation sites (N-methyl/N-ethyl adjacent to an activating group) is 1. The van der Waals surface area contributed by atoms with Crippen LogP contribution in [0.3, 0.4) is 0 Å². The summed E-state index contributed by atoms with van der Waals surface area (Å²) in [6.07, 6.45) is -4.22. The van der Waals surface area contributed by atoms with Crippen molar-refractivity contribution >= 4 is 21.6 Å². The van der Waals surface area contributed by atoms with Gasteiger partial charge in [-0.2, -0.15) is 0 Å². The highest BCUT2D eigenvalue weighted by atomic mass is 32.2. The molecule has 0 saturated carbocycles. The number of alkyl halides is 3. The fourth-order valence-corrected chi connectivity index (χ4v) is 3.86. The normalized spacial score (nSPS) is 14.1. The molecule has 162 valence electrons. The van der Waals surface area contributed by atoms with Crippen LogP contribution in [0.5, 0.6) is 5.75 Å². The molecule has 1 amide bonds. The van der Waals surface area contributed by atoms with Gasteiger partial charge in [0.25, 0.3) is 0 Å². The first kappa shape index (κ1) is 22.1. The number of fused-ring (bicyclic) bond motifs is 1. The van der Waals surface area contributed by atoms with E-state index >= 15 is 0 Å². The predicted octanol–water partition coefficient (Wildman–Crippen LogP) is 2.25. The molecule has 0 spiro atoms. The summed E-state index contributed by atoms with van der Waals surface area (Å²) in [6.45, 7) is 0.861. The average molecular weight is 443 g/mol. The van der Waals surface area contributed by atoms with Gasteiger partial charge in [0.15, 0.2) is 0 Å². The monoisotopic (exact) mass is 443 g/mol. The van der Waals surface area contributed by atoms with Crippen LogP contribution < -0.4 is 14.8 Å². The molecule has 0 aromatic heterocycles. The summed E-state index contributed by atoms with van der Waals surface area (Å²) in [5, 5.41) is 5.15. The van der Waals surface area contributed by atoms with E-state index < -0.39 is 16.4 Å². The maximum atomic E-state index is 12.7. The molecular weight excluding hydrogens is 423 g/mol. The molecule has 0 unspecified atom stereocenters. The summed E-state index contributed by atoms with van der Waals surface area (Å²) in [5.74, 6) is -0.478. The van der Waals surface area contributed by atoms with Gasteiger partial charge >= 0.3 is 6.36 Å². The molecular formula is C19H20F3N3O4S. The highest BCUT2D eigenvalue weighted by Gasteiger charge is 2.31. The van der Waals surface area contributed by atoms with Crippen molar-refractivity contribution in [3.63, 3.8) is 0 Å². The van der Waals surface area contributed by atoms with Crippen molar-refractivity contribution in [3.8, 4) is 5.75 Å². The van der Waals surface area contributed by atoms with Crippen LogP contribution in [0.2, 0.25) is 0 Å². The van der Waals surface area contributed by atoms with Crippen LogP contribution in [0, 0.1) is 0 Å². The van der Waals surface area contributed by atoms with Gasteiger partial charge in [-0.1, -0.05) is 12.1 Å². The fourth-order valence-electron chi connectivity index (χ4n) is 3.29. The number of sulfonamides is 1. The first-order valence-electron chi connectivity index (χ1n) is 8.92. The first-order chi connectivity index (χ1) is 13.9. The zero-order chi connectivity index (χ0) is 22.1. The highest BCUT2D eigenvalue weighted by Crippen LogP contribution is 2.30. The van der Waals surface area contributed by atoms with E-state index in [9.17, 15) is 26.4 Å². The Morgan fingerprint density at radius 3 is 2.47 bits per heavy atom. The summed E-state index contributed by atoms with van der Waals surface area (Å²) in [6, 6.07) is 9.86. The number of hydrogen-bond acceptors (Lipinski definition) is 5. The van der Waals surface area contributed by atoms with Crippen molar-refractivity contribution in [2.75, 3.05) is 25.0 Å². The molecule has 0 aliphatic carbocycles. The minimum absolute atomic E-state index is 0.00520. The number of primary sulfonamides is 1. The summed E-state index contributed by atoms with van der Waals surface area (Å²) in [4.78, 5) is 16.0. The van der Waals surface area contributed by atoms with Crippen molar-refractivity contribution in [2.24, 2.45) is 5.14 Å². The molecule has 0 fully saturated rings. The lowest BCUT2D eigenvalue weighted by Gasteiger charge is -2.22. The van der Waals surface area contributed by atoms with E-state index in [-0.39, 0.29) is 23.1 Å². The zero-order valence-electron chi connectivity index (χ0n) is 16.0. The maximum absolute atomic E-state index is 12.7. The first-order valence-corrected chi connectivity index (χ1v) is 10.5. The average Bonchev–Trinajstić information content (AvgIpc) is 3.04. The smallest absolute Gasteiger partial charge is 0.406 e. The molecule has 2 aromatic carbocycles. The standard InChI is InChI=1S/C19H20F3N3O4S/c1-24(11-13-2-4-15(5-3-13)29-19(20,21)22)12-18(26)25-9-8-14-10-16(30(23,27)28)6-7-17(14)25/h2-7,10H,8-9,11-12H2,1H3,(H2,23,27,28). The Kier molecular flexibility index (Phi) is 6.06. The van der Waals surface area contributed by atoms with E-state index in [1.807, 2.05) is 0 Å². The lowest BCUT2D eigenvalue weighted by molar-refractivity contribution is -0.274. The van der Waals surface area contributed by atoms with E-state index in [1.54, 1.807) is 22.9 Å². The lowest BCUT2D eigenvalue weighted by atomic mass is 10.2. The number of nitrogens with two attached hydrogens (primary N) is 1. The number of ether oxygens (including phenoxy) is 1. The van der Waals surface area contributed by atoms with Gasteiger partial charge < -0.3 is 9.64 Å². The number of anilines is 1.